The van der Waals surface area contributed by atoms with Crippen molar-refractivity contribution in [2.75, 3.05) is 5.32 Å². The number of nitrogens with one attached hydrogen (secondary N) is 2. The Morgan fingerprint density at radius 2 is 2.00 bits per heavy atom. The molecule has 0 aliphatic rings. The number of nitrogens with zero attached hydrogens (tertiary/aromatic N) is 1. The number of hydrogen-bond donors (Lipinski definition) is 2. The number of aromatic nitrogens is 1. The van der Waals surface area contributed by atoms with Gasteiger partial charge >= 0.3 is 0 Å². The van der Waals surface area contributed by atoms with Gasteiger partial charge in [-0.05, 0) is 32.0 Å². The van der Waals surface area contributed by atoms with Gasteiger partial charge in [0.05, 0.1) is 10.7 Å². The van der Waals surface area contributed by atoms with Crippen molar-refractivity contribution >= 4 is 33.2 Å². The number of benzene rings is 1. The summed E-state index contributed by atoms with van der Waals surface area (Å²) in [6, 6.07) is 5.15. The van der Waals surface area contributed by atoms with E-state index < -0.39 is 21.7 Å². The highest BCUT2D eigenvalue weighted by Gasteiger charge is 2.22. The van der Waals surface area contributed by atoms with Gasteiger partial charge in [0, 0.05) is 19.3 Å². The number of carbonyl (C=O) groups excluding carboxylic acids is 1. The fourth-order valence-corrected chi connectivity index (χ4v) is 3.57. The van der Waals surface area contributed by atoms with E-state index in [1.165, 1.54) is 42.1 Å². The number of carbonyl (C=O) groups is 1. The molecule has 1 heterocycles. The van der Waals surface area contributed by atoms with Gasteiger partial charge < -0.3 is 9.88 Å². The molecule has 0 unspecified atom stereocenters. The van der Waals surface area contributed by atoms with Crippen LogP contribution in [0.15, 0.2) is 35.4 Å². The van der Waals surface area contributed by atoms with Gasteiger partial charge in [-0.25, -0.2) is 17.5 Å². The van der Waals surface area contributed by atoms with Gasteiger partial charge in [0.15, 0.2) is 5.82 Å². The molecule has 130 valence electrons. The van der Waals surface area contributed by atoms with E-state index in [9.17, 15) is 17.6 Å². The third-order valence-corrected chi connectivity index (χ3v) is 5.03. The molecule has 0 radical (unpaired) electrons. The van der Waals surface area contributed by atoms with Crippen LogP contribution in [0.4, 0.5) is 10.1 Å². The quantitative estimate of drug-likeness (QED) is 0.845. The fraction of sp³-hybridized carbons (Fsp3) is 0.267. The van der Waals surface area contributed by atoms with Crippen molar-refractivity contribution < 1.29 is 17.6 Å². The summed E-state index contributed by atoms with van der Waals surface area (Å²) in [5.74, 6) is -1.40. The largest absolute Gasteiger partial charge is 0.345 e. The molecule has 9 heteroatoms. The maximum atomic E-state index is 13.9. The van der Waals surface area contributed by atoms with Crippen LogP contribution in [0.2, 0.25) is 5.02 Å². The summed E-state index contributed by atoms with van der Waals surface area (Å²) in [5.41, 5.74) is -0.0167. The lowest BCUT2D eigenvalue weighted by molar-refractivity contribution is 0.101. The van der Waals surface area contributed by atoms with Crippen molar-refractivity contribution in [2.24, 2.45) is 7.05 Å². The molecule has 24 heavy (non-hydrogen) atoms. The number of amides is 1. The molecule has 0 bridgehead atoms. The minimum absolute atomic E-state index is 0.0459. The predicted molar refractivity (Wildman–Crippen MR) is 90.2 cm³/mol. The summed E-state index contributed by atoms with van der Waals surface area (Å²) >= 11 is 5.67. The Labute approximate surface area is 144 Å². The second-order valence-electron chi connectivity index (χ2n) is 5.50. The molecule has 0 aliphatic heterocycles. The first-order chi connectivity index (χ1) is 11.1. The summed E-state index contributed by atoms with van der Waals surface area (Å²) in [7, 11) is -2.20. The molecule has 0 spiro atoms. The number of hydrogen-bond acceptors (Lipinski definition) is 3. The van der Waals surface area contributed by atoms with Crippen LogP contribution in [0, 0.1) is 5.82 Å². The maximum absolute atomic E-state index is 13.9. The van der Waals surface area contributed by atoms with Crippen LogP contribution in [-0.2, 0) is 17.1 Å². The third-order valence-electron chi connectivity index (χ3n) is 3.11. The molecule has 1 amide bonds. The van der Waals surface area contributed by atoms with E-state index in [1.54, 1.807) is 13.8 Å². The average molecular weight is 374 g/mol. The van der Waals surface area contributed by atoms with Gasteiger partial charge in [0.2, 0.25) is 10.0 Å². The van der Waals surface area contributed by atoms with Gasteiger partial charge in [-0.1, -0.05) is 17.7 Å². The SMILES string of the molecule is CC(C)NS(=O)(=O)c1cc(C(=O)Nc2cccc(Cl)c2F)n(C)c1. The molecule has 2 rings (SSSR count). The summed E-state index contributed by atoms with van der Waals surface area (Å²) < 4.78 is 42.0. The van der Waals surface area contributed by atoms with Crippen LogP contribution < -0.4 is 10.0 Å². The summed E-state index contributed by atoms with van der Waals surface area (Å²) in [6.45, 7) is 3.38. The summed E-state index contributed by atoms with van der Waals surface area (Å²) in [5, 5.41) is 2.26. The minimum atomic E-state index is -3.73. The summed E-state index contributed by atoms with van der Waals surface area (Å²) in [6.07, 6.45) is 1.31. The van der Waals surface area contributed by atoms with Crippen molar-refractivity contribution in [1.82, 2.24) is 9.29 Å². The smallest absolute Gasteiger partial charge is 0.272 e. The van der Waals surface area contributed by atoms with Crippen LogP contribution >= 0.6 is 11.6 Å². The molecule has 0 saturated carbocycles. The van der Waals surface area contributed by atoms with Crippen LogP contribution in [-0.4, -0.2) is 24.9 Å². The van der Waals surface area contributed by atoms with Crippen LogP contribution in [0.1, 0.15) is 24.3 Å². The minimum Gasteiger partial charge on any atom is -0.345 e. The molecule has 1 aromatic carbocycles. The third kappa shape index (κ3) is 3.95. The van der Waals surface area contributed by atoms with Crippen molar-refractivity contribution in [3.05, 3.63) is 47.0 Å². The zero-order valence-corrected chi connectivity index (χ0v) is 14.9. The normalized spacial score (nSPS) is 11.8. The van der Waals surface area contributed by atoms with Gasteiger partial charge in [-0.2, -0.15) is 0 Å². The van der Waals surface area contributed by atoms with Crippen molar-refractivity contribution in [1.29, 1.82) is 0 Å². The number of anilines is 1. The monoisotopic (exact) mass is 373 g/mol. The molecular weight excluding hydrogens is 357 g/mol. The Hall–Kier alpha value is -1.90. The van der Waals surface area contributed by atoms with Crippen LogP contribution in [0.3, 0.4) is 0 Å². The first-order valence-corrected chi connectivity index (χ1v) is 8.92. The zero-order valence-electron chi connectivity index (χ0n) is 13.3. The topological polar surface area (TPSA) is 80.2 Å². The molecule has 2 aromatic rings. The van der Waals surface area contributed by atoms with Crippen molar-refractivity contribution in [2.45, 2.75) is 24.8 Å². The Bertz CT molecular complexity index is 878. The highest BCUT2D eigenvalue weighted by molar-refractivity contribution is 7.89. The molecule has 0 saturated heterocycles. The van der Waals surface area contributed by atoms with E-state index in [2.05, 4.69) is 10.0 Å². The Balaban J connectivity index is 2.30. The standard InChI is InChI=1S/C15H17ClFN3O3S/c1-9(2)19-24(22,23)10-7-13(20(3)8-10)15(21)18-12-6-4-5-11(16)14(12)17/h4-9,19H,1-3H3,(H,18,21). The Morgan fingerprint density at radius 1 is 1.33 bits per heavy atom. The van der Waals surface area contributed by atoms with Gasteiger partial charge in [-0.3, -0.25) is 4.79 Å². The van der Waals surface area contributed by atoms with E-state index in [1.807, 2.05) is 0 Å². The predicted octanol–water partition coefficient (Wildman–Crippen LogP) is 2.76. The van der Waals surface area contributed by atoms with Crippen LogP contribution in [0.25, 0.3) is 0 Å². The number of sulfonamides is 1. The van der Waals surface area contributed by atoms with E-state index in [0.717, 1.165) is 0 Å². The molecule has 0 fully saturated rings. The summed E-state index contributed by atoms with van der Waals surface area (Å²) in [4.78, 5) is 12.3. The second kappa shape index (κ2) is 6.92. The highest BCUT2D eigenvalue weighted by Crippen LogP contribution is 2.23. The first-order valence-electron chi connectivity index (χ1n) is 7.06. The molecule has 0 aliphatic carbocycles. The molecule has 0 atom stereocenters. The van der Waals surface area contributed by atoms with E-state index in [-0.39, 0.29) is 27.3 Å². The maximum Gasteiger partial charge on any atom is 0.272 e. The molecule has 2 N–H and O–H groups in total. The van der Waals surface area contributed by atoms with Crippen LogP contribution in [0.5, 0.6) is 0 Å². The molecule has 1 aromatic heterocycles. The van der Waals surface area contributed by atoms with Gasteiger partial charge in [0.1, 0.15) is 10.6 Å². The molecular formula is C15H17ClFN3O3S. The fourth-order valence-electron chi connectivity index (χ4n) is 2.07. The van der Waals surface area contributed by atoms with Gasteiger partial charge in [0.25, 0.3) is 5.91 Å². The Kier molecular flexibility index (Phi) is 5.32. The zero-order chi connectivity index (χ0) is 18.1. The number of halogens is 2. The van der Waals surface area contributed by atoms with Crippen molar-refractivity contribution in [3.63, 3.8) is 0 Å². The molecule has 6 nitrogen and oxygen atoms in total. The van der Waals surface area contributed by atoms with E-state index in [0.29, 0.717) is 0 Å². The Morgan fingerprint density at radius 3 is 2.62 bits per heavy atom. The van der Waals surface area contributed by atoms with E-state index in [4.69, 9.17) is 11.6 Å². The highest BCUT2D eigenvalue weighted by atomic mass is 35.5. The van der Waals surface area contributed by atoms with E-state index >= 15 is 0 Å². The van der Waals surface area contributed by atoms with Crippen molar-refractivity contribution in [3.8, 4) is 0 Å². The number of rotatable bonds is 5. The average Bonchev–Trinajstić information content (AvgIpc) is 2.85. The lowest BCUT2D eigenvalue weighted by Crippen LogP contribution is -2.29. The van der Waals surface area contributed by atoms with Gasteiger partial charge in [-0.15, -0.1) is 0 Å². The first kappa shape index (κ1) is 18.4. The lowest BCUT2D eigenvalue weighted by atomic mass is 10.3. The second-order valence-corrected chi connectivity index (χ2v) is 7.62. The lowest BCUT2D eigenvalue weighted by Gasteiger charge is -2.07. The number of aryl methyl sites for hydroxylation is 1.